The number of nitrogens with zero attached hydrogens (tertiary/aromatic N) is 3. The SMILES string of the molecule is [2H]C([2H])([2H])N1C=CN(c2c(C)ccn2-c2c(C)cc(C)cc2C)[C@H]1C. The number of aryl methyl sites for hydroxylation is 4. The van der Waals surface area contributed by atoms with Crippen molar-refractivity contribution in [3.8, 4) is 5.69 Å². The highest BCUT2D eigenvalue weighted by molar-refractivity contribution is 5.61. The van der Waals surface area contributed by atoms with Gasteiger partial charge in [-0.05, 0) is 57.4 Å². The molecule has 3 rings (SSSR count). The van der Waals surface area contributed by atoms with Gasteiger partial charge in [0.05, 0.1) is 5.69 Å². The van der Waals surface area contributed by atoms with Gasteiger partial charge in [-0.15, -0.1) is 0 Å². The highest BCUT2D eigenvalue weighted by Gasteiger charge is 2.25. The van der Waals surface area contributed by atoms with E-state index in [1.807, 2.05) is 18.0 Å². The fraction of sp³-hybridized carbons (Fsp3) is 0.368. The van der Waals surface area contributed by atoms with Crippen molar-refractivity contribution >= 4 is 5.82 Å². The lowest BCUT2D eigenvalue weighted by atomic mass is 10.0. The van der Waals surface area contributed by atoms with Crippen molar-refractivity contribution in [2.75, 3.05) is 11.9 Å². The summed E-state index contributed by atoms with van der Waals surface area (Å²) in [6.07, 6.45) is 5.30. The van der Waals surface area contributed by atoms with Gasteiger partial charge in [0, 0.05) is 29.7 Å². The summed E-state index contributed by atoms with van der Waals surface area (Å²) in [6.45, 7) is 8.16. The van der Waals surface area contributed by atoms with E-state index in [1.54, 1.807) is 6.20 Å². The first-order chi connectivity index (χ1) is 11.6. The molecule has 1 aliphatic rings. The fourth-order valence-corrected chi connectivity index (χ4v) is 3.36. The highest BCUT2D eigenvalue weighted by atomic mass is 15.4. The first-order valence-electron chi connectivity index (χ1n) is 9.12. The molecule has 3 nitrogen and oxygen atoms in total. The van der Waals surface area contributed by atoms with Gasteiger partial charge in [-0.3, -0.25) is 0 Å². The first-order valence-corrected chi connectivity index (χ1v) is 7.62. The third-order valence-corrected chi connectivity index (χ3v) is 4.37. The number of aromatic nitrogens is 1. The normalized spacial score (nSPS) is 20.2. The Morgan fingerprint density at radius 1 is 1.00 bits per heavy atom. The molecule has 2 aromatic rings. The third-order valence-electron chi connectivity index (χ3n) is 4.37. The maximum Gasteiger partial charge on any atom is 0.121 e. The molecule has 0 amide bonds. The number of hydrogen-bond donors (Lipinski definition) is 0. The van der Waals surface area contributed by atoms with Crippen LogP contribution >= 0.6 is 0 Å². The Morgan fingerprint density at radius 2 is 1.68 bits per heavy atom. The Balaban J connectivity index is 2.10. The quantitative estimate of drug-likeness (QED) is 0.820. The van der Waals surface area contributed by atoms with E-state index in [0.29, 0.717) is 0 Å². The molecule has 0 saturated carbocycles. The molecule has 3 heteroatoms. The smallest absolute Gasteiger partial charge is 0.121 e. The van der Waals surface area contributed by atoms with Crippen molar-refractivity contribution in [2.24, 2.45) is 0 Å². The van der Waals surface area contributed by atoms with Gasteiger partial charge in [-0.25, -0.2) is 0 Å². The van der Waals surface area contributed by atoms with Crippen LogP contribution in [0, 0.1) is 27.7 Å². The average molecular weight is 298 g/mol. The third kappa shape index (κ3) is 2.21. The number of benzene rings is 1. The largest absolute Gasteiger partial charge is 0.359 e. The molecule has 0 N–H and O–H groups in total. The van der Waals surface area contributed by atoms with Gasteiger partial charge < -0.3 is 14.4 Å². The first kappa shape index (κ1) is 11.4. The predicted molar refractivity (Wildman–Crippen MR) is 93.6 cm³/mol. The van der Waals surface area contributed by atoms with Gasteiger partial charge in [0.2, 0.25) is 0 Å². The minimum atomic E-state index is -2.15. The summed E-state index contributed by atoms with van der Waals surface area (Å²) in [4.78, 5) is 3.44. The molecule has 0 unspecified atom stereocenters. The average Bonchev–Trinajstić information content (AvgIpc) is 3.01. The molecular formula is C19H25N3. The van der Waals surface area contributed by atoms with Crippen LogP contribution in [0.1, 0.15) is 33.3 Å². The van der Waals surface area contributed by atoms with E-state index in [4.69, 9.17) is 4.11 Å². The topological polar surface area (TPSA) is 11.4 Å². The second-order valence-electron chi connectivity index (χ2n) is 6.18. The van der Waals surface area contributed by atoms with Crippen LogP contribution in [0.25, 0.3) is 5.69 Å². The minimum absolute atomic E-state index is 0.272. The molecule has 22 heavy (non-hydrogen) atoms. The lowest BCUT2D eigenvalue weighted by molar-refractivity contribution is 0.381. The Labute approximate surface area is 137 Å². The maximum atomic E-state index is 7.71. The standard InChI is InChI=1S/C19H25N3/c1-13-11-15(3)18(16(4)12-13)22-8-7-14(2)19(22)21-10-9-20(6)17(21)5/h7-12,17H,1-6H3/t17-/m0/s1/i6D3. The Hall–Kier alpha value is -2.16. The molecule has 1 atom stereocenters. The summed E-state index contributed by atoms with van der Waals surface area (Å²) < 4.78 is 25.3. The summed E-state index contributed by atoms with van der Waals surface area (Å²) in [5, 5.41) is 0. The van der Waals surface area contributed by atoms with E-state index in [9.17, 15) is 0 Å². The molecule has 2 heterocycles. The molecule has 116 valence electrons. The van der Waals surface area contributed by atoms with Gasteiger partial charge in [-0.1, -0.05) is 17.7 Å². The van der Waals surface area contributed by atoms with Gasteiger partial charge >= 0.3 is 0 Å². The van der Waals surface area contributed by atoms with Crippen molar-refractivity contribution in [1.82, 2.24) is 9.47 Å². The summed E-state index contributed by atoms with van der Waals surface area (Å²) in [5.74, 6) is 1.01. The number of anilines is 1. The van der Waals surface area contributed by atoms with Crippen LogP contribution in [-0.4, -0.2) is 22.6 Å². The summed E-state index contributed by atoms with van der Waals surface area (Å²) in [5.41, 5.74) is 5.92. The van der Waals surface area contributed by atoms with Crippen molar-refractivity contribution in [3.05, 3.63) is 59.0 Å². The zero-order valence-electron chi connectivity index (χ0n) is 16.9. The predicted octanol–water partition coefficient (Wildman–Crippen LogP) is 4.28. The second kappa shape index (κ2) is 5.24. The van der Waals surface area contributed by atoms with Crippen LogP contribution in [0.3, 0.4) is 0 Å². The van der Waals surface area contributed by atoms with E-state index in [0.717, 1.165) is 17.1 Å². The van der Waals surface area contributed by atoms with E-state index in [2.05, 4.69) is 56.7 Å². The van der Waals surface area contributed by atoms with Crippen molar-refractivity contribution in [2.45, 2.75) is 40.8 Å². The molecule has 1 aliphatic heterocycles. The van der Waals surface area contributed by atoms with Crippen LogP contribution in [-0.2, 0) is 0 Å². The van der Waals surface area contributed by atoms with E-state index < -0.39 is 6.98 Å². The summed E-state index contributed by atoms with van der Waals surface area (Å²) in [7, 11) is 0. The van der Waals surface area contributed by atoms with Crippen LogP contribution in [0.4, 0.5) is 5.82 Å². The second-order valence-corrected chi connectivity index (χ2v) is 6.18. The molecular weight excluding hydrogens is 270 g/mol. The summed E-state index contributed by atoms with van der Waals surface area (Å²) in [6, 6.07) is 6.44. The molecule has 1 aromatic heterocycles. The Morgan fingerprint density at radius 3 is 2.27 bits per heavy atom. The molecule has 0 aliphatic carbocycles. The van der Waals surface area contributed by atoms with Crippen LogP contribution in [0.2, 0.25) is 0 Å². The van der Waals surface area contributed by atoms with Crippen LogP contribution < -0.4 is 4.90 Å². The fourth-order valence-electron chi connectivity index (χ4n) is 3.36. The molecule has 0 radical (unpaired) electrons. The molecule has 0 saturated heterocycles. The van der Waals surface area contributed by atoms with Gasteiger partial charge in [0.15, 0.2) is 0 Å². The van der Waals surface area contributed by atoms with Crippen molar-refractivity contribution in [1.29, 1.82) is 0 Å². The Kier molecular flexibility index (Phi) is 2.72. The van der Waals surface area contributed by atoms with Crippen LogP contribution in [0.15, 0.2) is 36.8 Å². The van der Waals surface area contributed by atoms with Crippen molar-refractivity contribution < 1.29 is 4.11 Å². The zero-order valence-corrected chi connectivity index (χ0v) is 13.9. The van der Waals surface area contributed by atoms with Crippen molar-refractivity contribution in [3.63, 3.8) is 0 Å². The van der Waals surface area contributed by atoms with E-state index >= 15 is 0 Å². The lowest BCUT2D eigenvalue weighted by Crippen LogP contribution is -2.34. The molecule has 0 bridgehead atoms. The molecule has 0 fully saturated rings. The summed E-state index contributed by atoms with van der Waals surface area (Å²) >= 11 is 0. The Bertz CT molecular complexity index is 810. The lowest BCUT2D eigenvalue weighted by Gasteiger charge is -2.29. The number of rotatable bonds is 2. The molecule has 0 spiro atoms. The van der Waals surface area contributed by atoms with E-state index in [-0.39, 0.29) is 6.17 Å². The molecule has 1 aromatic carbocycles. The monoisotopic (exact) mass is 298 g/mol. The van der Waals surface area contributed by atoms with E-state index in [1.165, 1.54) is 21.6 Å². The van der Waals surface area contributed by atoms with Gasteiger partial charge in [0.1, 0.15) is 12.0 Å². The minimum Gasteiger partial charge on any atom is -0.359 e. The van der Waals surface area contributed by atoms with Gasteiger partial charge in [0.25, 0.3) is 0 Å². The van der Waals surface area contributed by atoms with Gasteiger partial charge in [-0.2, -0.15) is 0 Å². The van der Waals surface area contributed by atoms with Crippen LogP contribution in [0.5, 0.6) is 0 Å². The highest BCUT2D eigenvalue weighted by Crippen LogP contribution is 2.33. The zero-order chi connectivity index (χ0) is 18.5. The maximum absolute atomic E-state index is 7.71. The number of hydrogen-bond acceptors (Lipinski definition) is 2.